The molecule has 0 amide bonds. The Kier molecular flexibility index (Phi) is 5.16. The van der Waals surface area contributed by atoms with Crippen molar-refractivity contribution in [3.8, 4) is 0 Å². The zero-order valence-electron chi connectivity index (χ0n) is 15.2. The van der Waals surface area contributed by atoms with Crippen LogP contribution in [0.15, 0.2) is 11.8 Å². The van der Waals surface area contributed by atoms with Crippen molar-refractivity contribution in [3.63, 3.8) is 0 Å². The lowest BCUT2D eigenvalue weighted by Crippen LogP contribution is -2.61. The third-order valence-electron chi connectivity index (χ3n) is 5.96. The number of hydrogen-bond acceptors (Lipinski definition) is 12. The highest BCUT2D eigenvalue weighted by Gasteiger charge is 2.75. The Morgan fingerprint density at radius 2 is 1.93 bits per heavy atom. The maximum atomic E-state index is 12.1. The van der Waals surface area contributed by atoms with E-state index in [2.05, 4.69) is 0 Å². The van der Waals surface area contributed by atoms with Gasteiger partial charge in [-0.05, 0) is 0 Å². The topological polar surface area (TPSA) is 185 Å². The van der Waals surface area contributed by atoms with Crippen molar-refractivity contribution in [2.45, 2.75) is 54.8 Å². The number of rotatable bonds is 5. The molecular weight excluding hydrogens is 396 g/mol. The van der Waals surface area contributed by atoms with Crippen molar-refractivity contribution in [2.75, 3.05) is 13.7 Å². The molecule has 12 nitrogen and oxygen atoms in total. The average Bonchev–Trinajstić information content (AvgIpc) is 3.49. The molecule has 29 heavy (non-hydrogen) atoms. The molecule has 4 aliphatic rings. The Labute approximate surface area is 164 Å². The molecule has 0 aromatic carbocycles. The Bertz CT molecular complexity index is 709. The van der Waals surface area contributed by atoms with Crippen LogP contribution in [0.1, 0.15) is 0 Å². The van der Waals surface area contributed by atoms with E-state index < -0.39 is 79.2 Å². The van der Waals surface area contributed by atoms with Crippen LogP contribution in [0.3, 0.4) is 0 Å². The molecule has 12 heteroatoms. The van der Waals surface area contributed by atoms with E-state index in [1.165, 1.54) is 7.11 Å². The largest absolute Gasteiger partial charge is 0.471 e. The van der Waals surface area contributed by atoms with Gasteiger partial charge in [-0.15, -0.1) is 0 Å². The number of carbonyl (C=O) groups is 2. The number of ether oxygens (including phenoxy) is 5. The second-order valence-electron chi connectivity index (χ2n) is 7.48. The summed E-state index contributed by atoms with van der Waals surface area (Å²) in [5.41, 5.74) is -1.99. The van der Waals surface area contributed by atoms with Crippen molar-refractivity contribution in [2.24, 2.45) is 11.8 Å². The van der Waals surface area contributed by atoms with Crippen molar-refractivity contribution in [1.29, 1.82) is 0 Å². The van der Waals surface area contributed by atoms with Crippen LogP contribution >= 0.6 is 0 Å². The fourth-order valence-electron chi connectivity index (χ4n) is 4.39. The van der Waals surface area contributed by atoms with E-state index in [0.717, 1.165) is 6.26 Å². The summed E-state index contributed by atoms with van der Waals surface area (Å²) in [7, 11) is 1.17. The highest BCUT2D eigenvalue weighted by atomic mass is 16.8. The molecule has 162 valence electrons. The molecular formula is C17H22O12. The number of aldehydes is 1. The highest BCUT2D eigenvalue weighted by Crippen LogP contribution is 2.58. The van der Waals surface area contributed by atoms with E-state index in [9.17, 15) is 35.1 Å². The van der Waals surface area contributed by atoms with E-state index in [1.54, 1.807) is 0 Å². The van der Waals surface area contributed by atoms with E-state index in [-0.39, 0.29) is 11.9 Å². The average molecular weight is 418 g/mol. The fourth-order valence-corrected chi connectivity index (χ4v) is 4.39. The number of epoxide rings is 1. The second kappa shape index (κ2) is 7.25. The van der Waals surface area contributed by atoms with E-state index in [1.807, 2.05) is 0 Å². The zero-order chi connectivity index (χ0) is 21.1. The van der Waals surface area contributed by atoms with Crippen LogP contribution < -0.4 is 0 Å². The van der Waals surface area contributed by atoms with Crippen molar-refractivity contribution in [1.82, 2.24) is 0 Å². The minimum atomic E-state index is -2.04. The number of esters is 1. The van der Waals surface area contributed by atoms with Gasteiger partial charge in [-0.2, -0.15) is 0 Å². The third-order valence-corrected chi connectivity index (χ3v) is 5.96. The quantitative estimate of drug-likeness (QED) is 0.167. The Morgan fingerprint density at radius 1 is 1.21 bits per heavy atom. The number of fused-ring (bicyclic) bond motifs is 3. The van der Waals surface area contributed by atoms with Gasteiger partial charge in [0, 0.05) is 5.92 Å². The maximum absolute atomic E-state index is 12.1. The van der Waals surface area contributed by atoms with Crippen molar-refractivity contribution >= 4 is 12.3 Å². The summed E-state index contributed by atoms with van der Waals surface area (Å²) in [6, 6.07) is 0. The minimum absolute atomic E-state index is 0.0522. The summed E-state index contributed by atoms with van der Waals surface area (Å²) in [4.78, 5) is 23.8. The van der Waals surface area contributed by atoms with Gasteiger partial charge in [0.05, 0.1) is 37.6 Å². The number of aliphatic hydroxyl groups excluding tert-OH is 4. The molecule has 11 atom stereocenters. The summed E-state index contributed by atoms with van der Waals surface area (Å²) >= 11 is 0. The molecule has 2 saturated heterocycles. The van der Waals surface area contributed by atoms with Gasteiger partial charge < -0.3 is 54.0 Å². The van der Waals surface area contributed by atoms with Crippen molar-refractivity contribution < 1.29 is 58.8 Å². The molecule has 0 bridgehead atoms. The van der Waals surface area contributed by atoms with Crippen molar-refractivity contribution in [3.05, 3.63) is 11.8 Å². The molecule has 1 aliphatic carbocycles. The highest BCUT2D eigenvalue weighted by molar-refractivity contribution is 5.90. The van der Waals surface area contributed by atoms with Gasteiger partial charge in [0.1, 0.15) is 30.5 Å². The molecule has 1 saturated carbocycles. The first-order valence-corrected chi connectivity index (χ1v) is 9.02. The number of hydrogen-bond donors (Lipinski definition) is 5. The first-order valence-electron chi connectivity index (χ1n) is 9.02. The molecule has 11 unspecified atom stereocenters. The minimum Gasteiger partial charge on any atom is -0.471 e. The first-order chi connectivity index (χ1) is 13.8. The monoisotopic (exact) mass is 418 g/mol. The molecule has 0 aromatic rings. The number of aliphatic hydroxyl groups is 5. The molecule has 0 radical (unpaired) electrons. The van der Waals surface area contributed by atoms with Crippen LogP contribution in [0.5, 0.6) is 0 Å². The fraction of sp³-hybridized carbons (Fsp3) is 0.765. The van der Waals surface area contributed by atoms with Crippen LogP contribution in [0, 0.1) is 11.8 Å². The van der Waals surface area contributed by atoms with Crippen LogP contribution in [0.25, 0.3) is 0 Å². The molecule has 3 heterocycles. The predicted octanol–water partition coefficient (Wildman–Crippen LogP) is -3.84. The molecule has 3 fully saturated rings. The summed E-state index contributed by atoms with van der Waals surface area (Å²) in [6.45, 7) is -0.662. The molecule has 4 rings (SSSR count). The van der Waals surface area contributed by atoms with Gasteiger partial charge >= 0.3 is 5.97 Å². The van der Waals surface area contributed by atoms with Gasteiger partial charge in [0.15, 0.2) is 18.2 Å². The lowest BCUT2D eigenvalue weighted by atomic mass is 9.79. The Morgan fingerprint density at radius 3 is 2.55 bits per heavy atom. The lowest BCUT2D eigenvalue weighted by Gasteiger charge is -2.44. The smallest absolute Gasteiger partial charge is 0.337 e. The summed E-state index contributed by atoms with van der Waals surface area (Å²) in [5, 5.41) is 50.1. The normalized spacial score (nSPS) is 50.6. The Hall–Kier alpha value is -1.64. The predicted molar refractivity (Wildman–Crippen MR) is 86.5 cm³/mol. The standard InChI is InChI=1S/C17H22O12/c1-25-14(23)5-3-26-15(8-7(5)12-13(28-12)17(8,24)4-19)29-16-11(22)10(21)9(20)6(2-18)27-16/h3-4,6-13,15-16,18,20-22,24H,2H2,1H3. The summed E-state index contributed by atoms with van der Waals surface area (Å²) < 4.78 is 26.4. The van der Waals surface area contributed by atoms with Gasteiger partial charge in [-0.25, -0.2) is 4.79 Å². The van der Waals surface area contributed by atoms with Gasteiger partial charge in [-0.1, -0.05) is 0 Å². The van der Waals surface area contributed by atoms with E-state index >= 15 is 0 Å². The van der Waals surface area contributed by atoms with Gasteiger partial charge in [0.25, 0.3) is 0 Å². The lowest BCUT2D eigenvalue weighted by molar-refractivity contribution is -0.347. The molecule has 0 spiro atoms. The zero-order valence-corrected chi connectivity index (χ0v) is 15.2. The number of carbonyl (C=O) groups excluding carboxylic acids is 2. The molecule has 3 aliphatic heterocycles. The van der Waals surface area contributed by atoms with Crippen LogP contribution in [0.4, 0.5) is 0 Å². The molecule has 5 N–H and O–H groups in total. The van der Waals surface area contributed by atoms with Crippen LogP contribution in [-0.2, 0) is 33.3 Å². The SMILES string of the molecule is COC(=O)C1=COC(OC2OC(CO)C(O)C(O)C2O)C2C1C1OC1C2(O)C=O. The Balaban J connectivity index is 1.61. The summed E-state index contributed by atoms with van der Waals surface area (Å²) in [6.07, 6.45) is -9.28. The van der Waals surface area contributed by atoms with E-state index in [0.29, 0.717) is 0 Å². The number of methoxy groups -OCH3 is 1. The van der Waals surface area contributed by atoms with Crippen LogP contribution in [0.2, 0.25) is 0 Å². The summed E-state index contributed by atoms with van der Waals surface area (Å²) in [5.74, 6) is -2.61. The van der Waals surface area contributed by atoms with Crippen LogP contribution in [-0.4, -0.2) is 106 Å². The molecule has 0 aromatic heterocycles. The van der Waals surface area contributed by atoms with Gasteiger partial charge in [-0.3, -0.25) is 0 Å². The second-order valence-corrected chi connectivity index (χ2v) is 7.48. The van der Waals surface area contributed by atoms with Gasteiger partial charge in [0.2, 0.25) is 6.29 Å². The van der Waals surface area contributed by atoms with E-state index in [4.69, 9.17) is 23.7 Å². The maximum Gasteiger partial charge on any atom is 0.337 e. The first kappa shape index (κ1) is 20.6. The third kappa shape index (κ3) is 2.99.